The molecule has 70 heavy (non-hydrogen) atoms. The monoisotopic (exact) mass is 895 g/mol. The quantitative estimate of drug-likeness (QED) is 0.144. The molecule has 0 saturated carbocycles. The van der Waals surface area contributed by atoms with E-state index in [2.05, 4.69) is 281 Å². The van der Waals surface area contributed by atoms with Crippen molar-refractivity contribution in [3.05, 3.63) is 273 Å². The average molecular weight is 896 g/mol. The third kappa shape index (κ3) is 7.36. The van der Waals surface area contributed by atoms with E-state index in [-0.39, 0.29) is 0 Å². The molecule has 4 heteroatoms. The zero-order chi connectivity index (χ0) is 46.4. The van der Waals surface area contributed by atoms with E-state index >= 15 is 0 Å². The van der Waals surface area contributed by atoms with Gasteiger partial charge in [-0.15, -0.1) is 0 Å². The van der Waals surface area contributed by atoms with Gasteiger partial charge >= 0.3 is 0 Å². The number of rotatable bonds is 9. The van der Waals surface area contributed by atoms with Crippen molar-refractivity contribution >= 4 is 55.9 Å². The summed E-state index contributed by atoms with van der Waals surface area (Å²) in [6.07, 6.45) is 0. The Kier molecular flexibility index (Phi) is 10.1. The van der Waals surface area contributed by atoms with Gasteiger partial charge < -0.3 is 19.1 Å². The van der Waals surface area contributed by atoms with Crippen LogP contribution in [0, 0.1) is 0 Å². The van der Waals surface area contributed by atoms with Crippen molar-refractivity contribution < 1.29 is 4.74 Å². The van der Waals surface area contributed by atoms with Crippen LogP contribution < -0.4 is 14.5 Å². The molecule has 13 rings (SSSR count). The number of ether oxygens (including phenoxy) is 1. The van der Waals surface area contributed by atoms with Crippen LogP contribution in [-0.2, 0) is 0 Å². The van der Waals surface area contributed by atoms with Crippen LogP contribution in [0.3, 0.4) is 0 Å². The SMILES string of the molecule is c1ccc(-c2ccc(N(c3ccc(-c4ccccc4)cc3)c3ccc(-c4ccc5c(c4)Oc4ccccc4N5c4ccc(-c5ccc6c(c5)c5ccccc5n6-c5ccccc5)cc4)cc3)cc2)cc1. The number of para-hydroxylation sites is 4. The summed E-state index contributed by atoms with van der Waals surface area (Å²) in [5.41, 5.74) is 19.1. The molecule has 0 amide bonds. The Labute approximate surface area is 407 Å². The minimum Gasteiger partial charge on any atom is -0.453 e. The van der Waals surface area contributed by atoms with Crippen molar-refractivity contribution in [3.63, 3.8) is 0 Å². The fraction of sp³-hybridized carbons (Fsp3) is 0. The van der Waals surface area contributed by atoms with Crippen molar-refractivity contribution in [2.24, 2.45) is 0 Å². The maximum absolute atomic E-state index is 6.70. The molecule has 0 spiro atoms. The van der Waals surface area contributed by atoms with Crippen LogP contribution >= 0.6 is 0 Å². The zero-order valence-corrected chi connectivity index (χ0v) is 38.2. The highest BCUT2D eigenvalue weighted by molar-refractivity contribution is 6.10. The minimum atomic E-state index is 0.809. The molecule has 0 saturated heterocycles. The Balaban J connectivity index is 0.816. The summed E-state index contributed by atoms with van der Waals surface area (Å²) in [5, 5.41) is 2.48. The second-order valence-corrected chi connectivity index (χ2v) is 17.8. The maximum atomic E-state index is 6.70. The highest BCUT2D eigenvalue weighted by Crippen LogP contribution is 2.52. The summed E-state index contributed by atoms with van der Waals surface area (Å²) >= 11 is 0. The lowest BCUT2D eigenvalue weighted by Crippen LogP contribution is -2.15. The molecule has 1 aromatic heterocycles. The van der Waals surface area contributed by atoms with Gasteiger partial charge in [-0.1, -0.05) is 170 Å². The lowest BCUT2D eigenvalue weighted by Gasteiger charge is -2.33. The number of benzene rings is 11. The number of hydrogen-bond donors (Lipinski definition) is 0. The molecule has 0 atom stereocenters. The normalized spacial score (nSPS) is 11.8. The first-order valence-corrected chi connectivity index (χ1v) is 23.8. The molecule has 12 aromatic rings. The van der Waals surface area contributed by atoms with E-state index in [1.807, 2.05) is 6.07 Å². The fourth-order valence-corrected chi connectivity index (χ4v) is 10.1. The second kappa shape index (κ2) is 17.4. The molecule has 11 aromatic carbocycles. The van der Waals surface area contributed by atoms with E-state index in [0.717, 1.165) is 68.0 Å². The molecule has 0 unspecified atom stereocenters. The number of hydrogen-bond acceptors (Lipinski definition) is 3. The first-order chi connectivity index (χ1) is 34.7. The summed E-state index contributed by atoms with van der Waals surface area (Å²) in [5.74, 6) is 1.63. The molecule has 0 bridgehead atoms. The standard InChI is InChI=1S/C66H45N3O/c1-4-14-46(15-5-1)48-24-34-55(35-25-48)67(56-36-26-49(27-37-56)47-16-6-2-7-17-47)57-38-28-51(29-39-57)53-33-43-64-66(45-53)70-65-23-13-12-22-63(65)69(64)58-40-30-50(31-41-58)52-32-42-62-60(44-52)59-20-10-11-21-61(59)68(62)54-18-8-3-9-19-54/h1-45H. The molecular weight excluding hydrogens is 851 g/mol. The average Bonchev–Trinajstić information content (AvgIpc) is 3.77. The highest BCUT2D eigenvalue weighted by atomic mass is 16.5. The molecule has 1 aliphatic rings. The van der Waals surface area contributed by atoms with Gasteiger partial charge in [-0.2, -0.15) is 0 Å². The van der Waals surface area contributed by atoms with Crippen molar-refractivity contribution in [1.82, 2.24) is 4.57 Å². The van der Waals surface area contributed by atoms with Gasteiger partial charge in [0.05, 0.1) is 22.4 Å². The van der Waals surface area contributed by atoms with Gasteiger partial charge in [-0.05, 0) is 148 Å². The number of nitrogens with zero attached hydrogens (tertiary/aromatic N) is 3. The first kappa shape index (κ1) is 40.9. The Bertz CT molecular complexity index is 3730. The lowest BCUT2D eigenvalue weighted by atomic mass is 10.0. The zero-order valence-electron chi connectivity index (χ0n) is 38.2. The molecule has 0 aliphatic carbocycles. The molecule has 1 aliphatic heterocycles. The van der Waals surface area contributed by atoms with Gasteiger partial charge in [0.25, 0.3) is 0 Å². The van der Waals surface area contributed by atoms with E-state index < -0.39 is 0 Å². The van der Waals surface area contributed by atoms with Gasteiger partial charge in [0, 0.05) is 39.2 Å². The molecule has 0 fully saturated rings. The predicted molar refractivity (Wildman–Crippen MR) is 292 cm³/mol. The van der Waals surface area contributed by atoms with E-state index in [0.29, 0.717) is 0 Å². The van der Waals surface area contributed by atoms with Crippen LogP contribution in [0.1, 0.15) is 0 Å². The summed E-state index contributed by atoms with van der Waals surface area (Å²) in [6.45, 7) is 0. The minimum absolute atomic E-state index is 0.809. The fourth-order valence-electron chi connectivity index (χ4n) is 10.1. The van der Waals surface area contributed by atoms with E-state index in [4.69, 9.17) is 4.74 Å². The lowest BCUT2D eigenvalue weighted by molar-refractivity contribution is 0.477. The van der Waals surface area contributed by atoms with Gasteiger partial charge in [-0.25, -0.2) is 0 Å². The summed E-state index contributed by atoms with van der Waals surface area (Å²) < 4.78 is 9.06. The van der Waals surface area contributed by atoms with Crippen LogP contribution in [-0.4, -0.2) is 4.57 Å². The van der Waals surface area contributed by atoms with Gasteiger partial charge in [0.2, 0.25) is 0 Å². The van der Waals surface area contributed by atoms with Crippen LogP contribution in [0.4, 0.5) is 34.1 Å². The van der Waals surface area contributed by atoms with E-state index in [9.17, 15) is 0 Å². The molecular formula is C66H45N3O. The highest BCUT2D eigenvalue weighted by Gasteiger charge is 2.26. The first-order valence-electron chi connectivity index (χ1n) is 23.8. The Hall–Kier alpha value is -9.38. The second-order valence-electron chi connectivity index (χ2n) is 17.8. The van der Waals surface area contributed by atoms with Gasteiger partial charge in [0.15, 0.2) is 11.5 Å². The maximum Gasteiger partial charge on any atom is 0.152 e. The largest absolute Gasteiger partial charge is 0.453 e. The summed E-state index contributed by atoms with van der Waals surface area (Å²) in [7, 11) is 0. The third-order valence-corrected chi connectivity index (χ3v) is 13.6. The van der Waals surface area contributed by atoms with Gasteiger partial charge in [0.1, 0.15) is 0 Å². The Morgan fingerprint density at radius 3 is 1.31 bits per heavy atom. The molecule has 4 nitrogen and oxygen atoms in total. The topological polar surface area (TPSA) is 20.6 Å². The number of anilines is 6. The van der Waals surface area contributed by atoms with E-state index in [1.165, 1.54) is 49.6 Å². The summed E-state index contributed by atoms with van der Waals surface area (Å²) in [4.78, 5) is 4.64. The Morgan fingerprint density at radius 1 is 0.271 bits per heavy atom. The number of aromatic nitrogens is 1. The van der Waals surface area contributed by atoms with Crippen molar-refractivity contribution in [2.45, 2.75) is 0 Å². The van der Waals surface area contributed by atoms with Crippen molar-refractivity contribution in [2.75, 3.05) is 9.80 Å². The summed E-state index contributed by atoms with van der Waals surface area (Å²) in [6, 6.07) is 97.5. The smallest absolute Gasteiger partial charge is 0.152 e. The molecule has 330 valence electrons. The van der Waals surface area contributed by atoms with Gasteiger partial charge in [-0.3, -0.25) is 0 Å². The predicted octanol–water partition coefficient (Wildman–Crippen LogP) is 18.5. The third-order valence-electron chi connectivity index (χ3n) is 13.6. The van der Waals surface area contributed by atoms with Crippen LogP contribution in [0.5, 0.6) is 11.5 Å². The van der Waals surface area contributed by atoms with Crippen LogP contribution in [0.2, 0.25) is 0 Å². The Morgan fingerprint density at radius 2 is 0.700 bits per heavy atom. The molecule has 0 N–H and O–H groups in total. The van der Waals surface area contributed by atoms with Crippen molar-refractivity contribution in [1.29, 1.82) is 0 Å². The van der Waals surface area contributed by atoms with E-state index in [1.54, 1.807) is 0 Å². The molecule has 2 heterocycles. The molecule has 0 radical (unpaired) electrons. The van der Waals surface area contributed by atoms with Crippen molar-refractivity contribution in [3.8, 4) is 61.7 Å². The van der Waals surface area contributed by atoms with Crippen LogP contribution in [0.25, 0.3) is 72.0 Å². The van der Waals surface area contributed by atoms with Crippen LogP contribution in [0.15, 0.2) is 273 Å². The number of fused-ring (bicyclic) bond motifs is 5.